The van der Waals surface area contributed by atoms with Crippen LogP contribution >= 0.6 is 0 Å². The normalized spacial score (nSPS) is 21.6. The molecule has 1 saturated heterocycles. The van der Waals surface area contributed by atoms with Crippen LogP contribution in [0.1, 0.15) is 24.5 Å². The Labute approximate surface area is 111 Å². The molecule has 1 N–H and O–H groups in total. The molecule has 19 heavy (non-hydrogen) atoms. The highest BCUT2D eigenvalue weighted by Crippen LogP contribution is 2.31. The SMILES string of the molecule is CC(NCc1ccccc1C(F)(F)F)C1CCOC1. The van der Waals surface area contributed by atoms with Crippen molar-refractivity contribution in [3.05, 3.63) is 35.4 Å². The van der Waals surface area contributed by atoms with Crippen molar-refractivity contribution in [1.29, 1.82) is 0 Å². The third kappa shape index (κ3) is 3.70. The Morgan fingerprint density at radius 1 is 1.37 bits per heavy atom. The zero-order chi connectivity index (χ0) is 13.9. The highest BCUT2D eigenvalue weighted by molar-refractivity contribution is 5.29. The van der Waals surface area contributed by atoms with Crippen molar-refractivity contribution in [1.82, 2.24) is 5.32 Å². The summed E-state index contributed by atoms with van der Waals surface area (Å²) in [6.07, 6.45) is -3.33. The Morgan fingerprint density at radius 3 is 2.74 bits per heavy atom. The second-order valence-corrected chi connectivity index (χ2v) is 4.95. The number of alkyl halides is 3. The summed E-state index contributed by atoms with van der Waals surface area (Å²) < 4.78 is 43.8. The van der Waals surface area contributed by atoms with Crippen molar-refractivity contribution in [3.8, 4) is 0 Å². The van der Waals surface area contributed by atoms with Crippen molar-refractivity contribution in [2.24, 2.45) is 5.92 Å². The molecule has 2 unspecified atom stereocenters. The predicted molar refractivity (Wildman–Crippen MR) is 66.7 cm³/mol. The lowest BCUT2D eigenvalue weighted by Gasteiger charge is -2.20. The van der Waals surface area contributed by atoms with Gasteiger partial charge in [-0.3, -0.25) is 0 Å². The van der Waals surface area contributed by atoms with E-state index in [0.29, 0.717) is 18.1 Å². The smallest absolute Gasteiger partial charge is 0.381 e. The first kappa shape index (κ1) is 14.3. The quantitative estimate of drug-likeness (QED) is 0.909. The van der Waals surface area contributed by atoms with E-state index in [0.717, 1.165) is 19.1 Å². The van der Waals surface area contributed by atoms with Crippen LogP contribution in [0.25, 0.3) is 0 Å². The monoisotopic (exact) mass is 273 g/mol. The van der Waals surface area contributed by atoms with E-state index >= 15 is 0 Å². The molecule has 2 rings (SSSR count). The maximum atomic E-state index is 12.8. The molecule has 0 amide bonds. The van der Waals surface area contributed by atoms with E-state index < -0.39 is 11.7 Å². The van der Waals surface area contributed by atoms with Crippen LogP contribution in [0.15, 0.2) is 24.3 Å². The molecule has 1 heterocycles. The molecule has 0 saturated carbocycles. The number of rotatable bonds is 4. The summed E-state index contributed by atoms with van der Waals surface area (Å²) in [6.45, 7) is 3.66. The number of hydrogen-bond donors (Lipinski definition) is 1. The number of nitrogens with one attached hydrogen (secondary N) is 1. The van der Waals surface area contributed by atoms with E-state index in [2.05, 4.69) is 5.32 Å². The third-order valence-corrected chi connectivity index (χ3v) is 3.61. The molecular formula is C14H18F3NO. The van der Waals surface area contributed by atoms with Crippen molar-refractivity contribution in [2.45, 2.75) is 32.1 Å². The maximum absolute atomic E-state index is 12.8. The van der Waals surface area contributed by atoms with Gasteiger partial charge in [-0.2, -0.15) is 13.2 Å². The predicted octanol–water partition coefficient (Wildman–Crippen LogP) is 3.22. The molecule has 2 atom stereocenters. The first-order valence-electron chi connectivity index (χ1n) is 6.44. The van der Waals surface area contributed by atoms with Gasteiger partial charge < -0.3 is 10.1 Å². The molecule has 5 heteroatoms. The fourth-order valence-corrected chi connectivity index (χ4v) is 2.34. The summed E-state index contributed by atoms with van der Waals surface area (Å²) in [5.41, 5.74) is -0.266. The average Bonchev–Trinajstić information content (AvgIpc) is 2.89. The minimum absolute atomic E-state index is 0.156. The highest BCUT2D eigenvalue weighted by atomic mass is 19.4. The number of ether oxygens (including phenoxy) is 1. The second kappa shape index (κ2) is 5.92. The van der Waals surface area contributed by atoms with Crippen LogP contribution in [-0.2, 0) is 17.5 Å². The zero-order valence-electron chi connectivity index (χ0n) is 10.8. The van der Waals surface area contributed by atoms with Crippen molar-refractivity contribution >= 4 is 0 Å². The summed E-state index contributed by atoms with van der Waals surface area (Å²) in [7, 11) is 0. The summed E-state index contributed by atoms with van der Waals surface area (Å²) >= 11 is 0. The van der Waals surface area contributed by atoms with Gasteiger partial charge in [-0.25, -0.2) is 0 Å². The van der Waals surface area contributed by atoms with E-state index in [1.165, 1.54) is 12.1 Å². The standard InChI is InChI=1S/C14H18F3NO/c1-10(12-6-7-19-9-12)18-8-11-4-2-3-5-13(11)14(15,16)17/h2-5,10,12,18H,6-9H2,1H3. The summed E-state index contributed by atoms with van der Waals surface area (Å²) in [5.74, 6) is 0.387. The van der Waals surface area contributed by atoms with Crippen LogP contribution in [-0.4, -0.2) is 19.3 Å². The maximum Gasteiger partial charge on any atom is 0.416 e. The van der Waals surface area contributed by atoms with Gasteiger partial charge in [-0.1, -0.05) is 18.2 Å². The van der Waals surface area contributed by atoms with E-state index in [-0.39, 0.29) is 12.6 Å². The van der Waals surface area contributed by atoms with Gasteiger partial charge in [0.05, 0.1) is 12.2 Å². The molecule has 106 valence electrons. The lowest BCUT2D eigenvalue weighted by molar-refractivity contribution is -0.138. The molecular weight excluding hydrogens is 255 g/mol. The first-order chi connectivity index (χ1) is 8.98. The van der Waals surface area contributed by atoms with Crippen LogP contribution in [0.4, 0.5) is 13.2 Å². The molecule has 0 bridgehead atoms. The van der Waals surface area contributed by atoms with Gasteiger partial charge in [-0.05, 0) is 30.9 Å². The molecule has 1 fully saturated rings. The van der Waals surface area contributed by atoms with Gasteiger partial charge in [0.15, 0.2) is 0 Å². The van der Waals surface area contributed by atoms with Crippen molar-refractivity contribution < 1.29 is 17.9 Å². The average molecular weight is 273 g/mol. The molecule has 0 spiro atoms. The number of halogens is 3. The summed E-state index contributed by atoms with van der Waals surface area (Å²) in [4.78, 5) is 0. The fraction of sp³-hybridized carbons (Fsp3) is 0.571. The Kier molecular flexibility index (Phi) is 4.47. The van der Waals surface area contributed by atoms with E-state index in [1.54, 1.807) is 6.07 Å². The van der Waals surface area contributed by atoms with Crippen LogP contribution in [0.5, 0.6) is 0 Å². The second-order valence-electron chi connectivity index (χ2n) is 4.95. The third-order valence-electron chi connectivity index (χ3n) is 3.61. The minimum Gasteiger partial charge on any atom is -0.381 e. The van der Waals surface area contributed by atoms with Crippen LogP contribution < -0.4 is 5.32 Å². The Balaban J connectivity index is 1.99. The summed E-state index contributed by atoms with van der Waals surface area (Å²) in [5, 5.41) is 3.17. The number of hydrogen-bond acceptors (Lipinski definition) is 2. The van der Waals surface area contributed by atoms with Gasteiger partial charge in [0.1, 0.15) is 0 Å². The van der Waals surface area contributed by atoms with Gasteiger partial charge >= 0.3 is 6.18 Å². The molecule has 0 aliphatic carbocycles. The van der Waals surface area contributed by atoms with Gasteiger partial charge in [0.2, 0.25) is 0 Å². The van der Waals surface area contributed by atoms with Crippen LogP contribution in [0, 0.1) is 5.92 Å². The van der Waals surface area contributed by atoms with E-state index in [1.807, 2.05) is 6.92 Å². The molecule has 1 aliphatic rings. The summed E-state index contributed by atoms with van der Waals surface area (Å²) in [6, 6.07) is 5.85. The van der Waals surface area contributed by atoms with Crippen LogP contribution in [0.3, 0.4) is 0 Å². The molecule has 2 nitrogen and oxygen atoms in total. The minimum atomic E-state index is -4.29. The Bertz CT molecular complexity index is 413. The topological polar surface area (TPSA) is 21.3 Å². The lowest BCUT2D eigenvalue weighted by atomic mass is 10.00. The largest absolute Gasteiger partial charge is 0.416 e. The van der Waals surface area contributed by atoms with Crippen molar-refractivity contribution in [3.63, 3.8) is 0 Å². The van der Waals surface area contributed by atoms with Gasteiger partial charge in [0.25, 0.3) is 0 Å². The van der Waals surface area contributed by atoms with Crippen LogP contribution in [0.2, 0.25) is 0 Å². The van der Waals surface area contributed by atoms with Gasteiger partial charge in [0, 0.05) is 19.2 Å². The van der Waals surface area contributed by atoms with E-state index in [9.17, 15) is 13.2 Å². The van der Waals surface area contributed by atoms with Gasteiger partial charge in [-0.15, -0.1) is 0 Å². The zero-order valence-corrected chi connectivity index (χ0v) is 10.8. The Morgan fingerprint density at radius 2 is 2.11 bits per heavy atom. The lowest BCUT2D eigenvalue weighted by Crippen LogP contribution is -2.33. The highest BCUT2D eigenvalue weighted by Gasteiger charge is 2.33. The number of benzene rings is 1. The Hall–Kier alpha value is -1.07. The molecule has 1 aromatic rings. The molecule has 1 aliphatic heterocycles. The van der Waals surface area contributed by atoms with E-state index in [4.69, 9.17) is 4.74 Å². The molecule has 1 aromatic carbocycles. The van der Waals surface area contributed by atoms with Crippen molar-refractivity contribution in [2.75, 3.05) is 13.2 Å². The fourth-order valence-electron chi connectivity index (χ4n) is 2.34. The first-order valence-corrected chi connectivity index (χ1v) is 6.44. The molecule has 0 radical (unpaired) electrons. The molecule has 0 aromatic heterocycles.